The first-order valence-corrected chi connectivity index (χ1v) is 5.70. The van der Waals surface area contributed by atoms with E-state index in [9.17, 15) is 8.78 Å². The molecule has 1 fully saturated rings. The number of methoxy groups -OCH3 is 1. The molecule has 0 spiro atoms. The molecule has 0 unspecified atom stereocenters. The molecule has 0 saturated heterocycles. The van der Waals surface area contributed by atoms with Gasteiger partial charge in [0.15, 0.2) is 0 Å². The van der Waals surface area contributed by atoms with E-state index in [1.54, 1.807) is 0 Å². The molecule has 4 heteroatoms. The van der Waals surface area contributed by atoms with Gasteiger partial charge in [0, 0.05) is 5.54 Å². The van der Waals surface area contributed by atoms with Crippen LogP contribution in [0.3, 0.4) is 0 Å². The lowest BCUT2D eigenvalue weighted by Crippen LogP contribution is -2.25. The summed E-state index contributed by atoms with van der Waals surface area (Å²) in [6.07, 6.45) is -0.00342. The van der Waals surface area contributed by atoms with E-state index in [2.05, 4.69) is 0 Å². The molecular formula is C13H17F2NO. The van der Waals surface area contributed by atoms with Gasteiger partial charge in [0.2, 0.25) is 0 Å². The molecule has 0 amide bonds. The van der Waals surface area contributed by atoms with E-state index in [1.165, 1.54) is 13.2 Å². The molecule has 0 heterocycles. The average molecular weight is 241 g/mol. The van der Waals surface area contributed by atoms with Gasteiger partial charge < -0.3 is 10.5 Å². The fraction of sp³-hybridized carbons (Fsp3) is 0.538. The smallest absolute Gasteiger partial charge is 0.267 e. The lowest BCUT2D eigenvalue weighted by atomic mass is 9.98. The molecule has 0 radical (unpaired) electrons. The summed E-state index contributed by atoms with van der Waals surface area (Å²) in [5, 5.41) is 0. The lowest BCUT2D eigenvalue weighted by Gasteiger charge is -2.17. The third kappa shape index (κ3) is 2.57. The quantitative estimate of drug-likeness (QED) is 0.879. The molecule has 1 aliphatic carbocycles. The van der Waals surface area contributed by atoms with Crippen LogP contribution in [0.5, 0.6) is 5.75 Å². The summed E-state index contributed by atoms with van der Waals surface area (Å²) in [5.74, 6) is 0.294. The Labute approximate surface area is 99.8 Å². The van der Waals surface area contributed by atoms with Gasteiger partial charge in [-0.15, -0.1) is 0 Å². The van der Waals surface area contributed by atoms with Crippen molar-refractivity contribution >= 4 is 0 Å². The highest BCUT2D eigenvalue weighted by atomic mass is 19.3. The highest BCUT2D eigenvalue weighted by molar-refractivity contribution is 5.46. The van der Waals surface area contributed by atoms with E-state index in [4.69, 9.17) is 10.5 Å². The maximum Gasteiger partial charge on any atom is 0.267 e. The molecule has 17 heavy (non-hydrogen) atoms. The van der Waals surface area contributed by atoms with Gasteiger partial charge in [-0.05, 0) is 37.8 Å². The van der Waals surface area contributed by atoms with E-state index < -0.39 is 6.43 Å². The van der Waals surface area contributed by atoms with Crippen molar-refractivity contribution in [3.05, 3.63) is 28.8 Å². The first kappa shape index (κ1) is 12.3. The zero-order valence-corrected chi connectivity index (χ0v) is 10.1. The predicted molar refractivity (Wildman–Crippen MR) is 62.5 cm³/mol. The molecule has 0 bridgehead atoms. The van der Waals surface area contributed by atoms with E-state index in [1.807, 2.05) is 13.0 Å². The maximum atomic E-state index is 12.9. The van der Waals surface area contributed by atoms with Gasteiger partial charge in [-0.25, -0.2) is 8.78 Å². The van der Waals surface area contributed by atoms with Gasteiger partial charge in [-0.2, -0.15) is 0 Å². The van der Waals surface area contributed by atoms with Crippen molar-refractivity contribution in [2.24, 2.45) is 5.73 Å². The molecule has 0 aromatic heterocycles. The maximum absolute atomic E-state index is 12.9. The summed E-state index contributed by atoms with van der Waals surface area (Å²) >= 11 is 0. The van der Waals surface area contributed by atoms with Crippen LogP contribution >= 0.6 is 0 Å². The van der Waals surface area contributed by atoms with Gasteiger partial charge in [-0.1, -0.05) is 11.6 Å². The normalized spacial score (nSPS) is 17.3. The Morgan fingerprint density at radius 2 is 2.06 bits per heavy atom. The number of hydrogen-bond acceptors (Lipinski definition) is 2. The number of ether oxygens (including phenoxy) is 1. The van der Waals surface area contributed by atoms with Crippen molar-refractivity contribution in [3.8, 4) is 5.75 Å². The van der Waals surface area contributed by atoms with Crippen molar-refractivity contribution in [2.45, 2.75) is 38.2 Å². The summed E-state index contributed by atoms with van der Waals surface area (Å²) < 4.78 is 31.0. The Hall–Kier alpha value is -1.16. The van der Waals surface area contributed by atoms with Crippen LogP contribution in [-0.4, -0.2) is 12.6 Å². The minimum Gasteiger partial charge on any atom is -0.496 e. The highest BCUT2D eigenvalue weighted by Crippen LogP contribution is 2.40. The first-order valence-electron chi connectivity index (χ1n) is 5.70. The van der Waals surface area contributed by atoms with Crippen LogP contribution in [0.2, 0.25) is 0 Å². The van der Waals surface area contributed by atoms with Crippen LogP contribution in [0.4, 0.5) is 8.78 Å². The predicted octanol–water partition coefficient (Wildman–Crippen LogP) is 2.98. The molecule has 1 aromatic rings. The SMILES string of the molecule is COc1c(CC2(N)CC2)cc(C)cc1C(F)F. The molecule has 2 rings (SSSR count). The topological polar surface area (TPSA) is 35.2 Å². The molecule has 1 aromatic carbocycles. The summed E-state index contributed by atoms with van der Waals surface area (Å²) in [6.45, 7) is 1.81. The Bertz CT molecular complexity index is 428. The number of rotatable bonds is 4. The third-order valence-corrected chi connectivity index (χ3v) is 3.21. The van der Waals surface area contributed by atoms with Gasteiger partial charge in [-0.3, -0.25) is 0 Å². The Balaban J connectivity index is 2.41. The second-order valence-corrected chi connectivity index (χ2v) is 4.89. The van der Waals surface area contributed by atoms with Crippen molar-refractivity contribution in [2.75, 3.05) is 7.11 Å². The summed E-state index contributed by atoms with van der Waals surface area (Å²) in [4.78, 5) is 0. The largest absolute Gasteiger partial charge is 0.496 e. The van der Waals surface area contributed by atoms with Crippen LogP contribution in [0.15, 0.2) is 12.1 Å². The van der Waals surface area contributed by atoms with Crippen molar-refractivity contribution in [1.82, 2.24) is 0 Å². The average Bonchev–Trinajstić information content (AvgIpc) is 2.95. The van der Waals surface area contributed by atoms with Crippen LogP contribution in [0.25, 0.3) is 0 Å². The first-order chi connectivity index (χ1) is 7.95. The molecule has 0 aliphatic heterocycles. The summed E-state index contributed by atoms with van der Waals surface area (Å²) in [5.41, 5.74) is 7.41. The Morgan fingerprint density at radius 3 is 2.53 bits per heavy atom. The van der Waals surface area contributed by atoms with E-state index in [0.717, 1.165) is 24.0 Å². The van der Waals surface area contributed by atoms with Crippen molar-refractivity contribution in [3.63, 3.8) is 0 Å². The minimum atomic E-state index is -2.52. The molecule has 94 valence electrons. The molecule has 0 atom stereocenters. The number of nitrogens with two attached hydrogens (primary N) is 1. The number of halogens is 2. The standard InChI is InChI=1S/C13H17F2NO/c1-8-5-9(7-13(16)3-4-13)11(17-2)10(6-8)12(14)15/h5-6,12H,3-4,7,16H2,1-2H3. The number of hydrogen-bond donors (Lipinski definition) is 1. The van der Waals surface area contributed by atoms with Crippen LogP contribution in [0.1, 0.15) is 36.0 Å². The molecule has 1 aliphatic rings. The lowest BCUT2D eigenvalue weighted by molar-refractivity contribution is 0.146. The second kappa shape index (κ2) is 4.26. The van der Waals surface area contributed by atoms with E-state index >= 15 is 0 Å². The monoisotopic (exact) mass is 241 g/mol. The van der Waals surface area contributed by atoms with Crippen LogP contribution < -0.4 is 10.5 Å². The summed E-state index contributed by atoms with van der Waals surface area (Å²) in [7, 11) is 1.43. The molecule has 1 saturated carbocycles. The van der Waals surface area contributed by atoms with Crippen molar-refractivity contribution in [1.29, 1.82) is 0 Å². The number of alkyl halides is 2. The van der Waals surface area contributed by atoms with Gasteiger partial charge >= 0.3 is 0 Å². The van der Waals surface area contributed by atoms with Gasteiger partial charge in [0.25, 0.3) is 6.43 Å². The zero-order valence-electron chi connectivity index (χ0n) is 10.1. The molecule has 2 nitrogen and oxygen atoms in total. The highest BCUT2D eigenvalue weighted by Gasteiger charge is 2.39. The van der Waals surface area contributed by atoms with E-state index in [0.29, 0.717) is 12.2 Å². The molecule has 2 N–H and O–H groups in total. The Morgan fingerprint density at radius 1 is 1.41 bits per heavy atom. The number of aryl methyl sites for hydroxylation is 1. The Kier molecular flexibility index (Phi) is 3.08. The summed E-state index contributed by atoms with van der Waals surface area (Å²) in [6, 6.07) is 3.36. The fourth-order valence-corrected chi connectivity index (χ4v) is 2.14. The third-order valence-electron chi connectivity index (χ3n) is 3.21. The zero-order chi connectivity index (χ0) is 12.6. The van der Waals surface area contributed by atoms with Crippen molar-refractivity contribution < 1.29 is 13.5 Å². The fourth-order valence-electron chi connectivity index (χ4n) is 2.14. The van der Waals surface area contributed by atoms with Crippen LogP contribution in [0, 0.1) is 6.92 Å². The number of benzene rings is 1. The van der Waals surface area contributed by atoms with Crippen LogP contribution in [-0.2, 0) is 6.42 Å². The van der Waals surface area contributed by atoms with Gasteiger partial charge in [0.1, 0.15) is 5.75 Å². The van der Waals surface area contributed by atoms with Gasteiger partial charge in [0.05, 0.1) is 12.7 Å². The van der Waals surface area contributed by atoms with E-state index in [-0.39, 0.29) is 11.1 Å². The molecular weight excluding hydrogens is 224 g/mol. The minimum absolute atomic E-state index is 0.0354. The second-order valence-electron chi connectivity index (χ2n) is 4.89.